The van der Waals surface area contributed by atoms with E-state index in [1.54, 1.807) is 6.08 Å². The Labute approximate surface area is 163 Å². The molecule has 0 aromatic rings. The van der Waals surface area contributed by atoms with Crippen molar-refractivity contribution in [3.63, 3.8) is 0 Å². The van der Waals surface area contributed by atoms with Gasteiger partial charge in [0.15, 0.2) is 0 Å². The molecule has 1 rings (SSSR count). The van der Waals surface area contributed by atoms with E-state index in [1.807, 2.05) is 56.4 Å². The molecule has 5 heteroatoms. The highest BCUT2D eigenvalue weighted by Gasteiger charge is 2.21. The molecule has 1 heterocycles. The number of nitrogens with zero attached hydrogens (tertiary/aromatic N) is 2. The summed E-state index contributed by atoms with van der Waals surface area (Å²) in [4.78, 5) is 16.0. The third kappa shape index (κ3) is 8.13. The second-order valence-electron chi connectivity index (χ2n) is 6.27. The summed E-state index contributed by atoms with van der Waals surface area (Å²) in [6.07, 6.45) is 15.0. The number of nitrogens with two attached hydrogens (primary N) is 1. The fourth-order valence-corrected chi connectivity index (χ4v) is 3.06. The van der Waals surface area contributed by atoms with E-state index in [2.05, 4.69) is 23.0 Å². The van der Waals surface area contributed by atoms with Crippen molar-refractivity contribution in [2.24, 2.45) is 5.73 Å². The molecule has 0 bridgehead atoms. The number of rotatable bonds is 10. The highest BCUT2D eigenvalue weighted by molar-refractivity contribution is 5.65. The van der Waals surface area contributed by atoms with Gasteiger partial charge in [-0.15, -0.1) is 0 Å². The summed E-state index contributed by atoms with van der Waals surface area (Å²) in [6.45, 7) is 16.1. The first-order chi connectivity index (χ1) is 13.0. The van der Waals surface area contributed by atoms with Crippen molar-refractivity contribution in [3.05, 3.63) is 73.0 Å². The van der Waals surface area contributed by atoms with Gasteiger partial charge in [-0.3, -0.25) is 4.90 Å². The lowest BCUT2D eigenvalue weighted by Gasteiger charge is -2.37. The summed E-state index contributed by atoms with van der Waals surface area (Å²) in [5.41, 5.74) is 7.33. The second-order valence-corrected chi connectivity index (χ2v) is 6.27. The summed E-state index contributed by atoms with van der Waals surface area (Å²) < 4.78 is 5.38. The number of carbonyl (C=O) groups excluding carboxylic acids is 1. The van der Waals surface area contributed by atoms with Gasteiger partial charge in [0.2, 0.25) is 0 Å². The minimum absolute atomic E-state index is 0.350. The van der Waals surface area contributed by atoms with Gasteiger partial charge in [-0.2, -0.15) is 0 Å². The van der Waals surface area contributed by atoms with Gasteiger partial charge < -0.3 is 15.4 Å². The Morgan fingerprint density at radius 3 is 2.37 bits per heavy atom. The maximum absolute atomic E-state index is 11.3. The number of carbonyl (C=O) groups is 1. The standard InChI is InChI=1S/C22H33N3O2/c1-5-9-12-19(10-6-2)21(27-22(23)26)13-14-24-15-17-25(18-16-24)20(8-4)11-7-3/h5-12,21H,3-4,13-18H2,1-2H3,(H2,23,26)/b9-5-,10-6-,19-12+,20-11+. The zero-order valence-corrected chi connectivity index (χ0v) is 16.6. The van der Waals surface area contributed by atoms with E-state index in [9.17, 15) is 4.79 Å². The first-order valence-corrected chi connectivity index (χ1v) is 9.39. The minimum Gasteiger partial charge on any atom is -0.441 e. The Kier molecular flexibility index (Phi) is 10.6. The molecule has 0 aromatic heterocycles. The van der Waals surface area contributed by atoms with Crippen LogP contribution >= 0.6 is 0 Å². The van der Waals surface area contributed by atoms with E-state index in [0.717, 1.165) is 44.0 Å². The topological polar surface area (TPSA) is 58.8 Å². The number of hydrogen-bond donors (Lipinski definition) is 1. The molecule has 27 heavy (non-hydrogen) atoms. The SMILES string of the molecule is C=C/C=C(\C=C)N1CCN(CCC(OC(N)=O)C(/C=C\C)=C/C=C\C)CC1. The van der Waals surface area contributed by atoms with Crippen LogP contribution in [0.25, 0.3) is 0 Å². The van der Waals surface area contributed by atoms with Gasteiger partial charge in [0.1, 0.15) is 6.10 Å². The number of hydrogen-bond acceptors (Lipinski definition) is 4. The van der Waals surface area contributed by atoms with Gasteiger partial charge in [0.05, 0.1) is 0 Å². The molecule has 1 saturated heterocycles. The molecule has 0 radical (unpaired) electrons. The Bertz CT molecular complexity index is 609. The Balaban J connectivity index is 2.69. The molecule has 1 unspecified atom stereocenters. The third-order valence-electron chi connectivity index (χ3n) is 4.41. The Hall–Kier alpha value is -2.53. The molecule has 5 nitrogen and oxygen atoms in total. The molecule has 0 spiro atoms. The Morgan fingerprint density at radius 2 is 1.85 bits per heavy atom. The maximum Gasteiger partial charge on any atom is 0.405 e. The molecule has 1 fully saturated rings. The fraction of sp³-hybridized carbons (Fsp3) is 0.409. The average Bonchev–Trinajstić information content (AvgIpc) is 2.67. The predicted octanol–water partition coefficient (Wildman–Crippen LogP) is 3.79. The largest absolute Gasteiger partial charge is 0.441 e. The van der Waals surface area contributed by atoms with Gasteiger partial charge in [0, 0.05) is 44.8 Å². The lowest BCUT2D eigenvalue weighted by atomic mass is 10.0. The molecule has 2 N–H and O–H groups in total. The van der Waals surface area contributed by atoms with Crippen molar-refractivity contribution >= 4 is 6.09 Å². The molecule has 1 aliphatic rings. The minimum atomic E-state index is -0.745. The van der Waals surface area contributed by atoms with Crippen molar-refractivity contribution in [3.8, 4) is 0 Å². The first kappa shape index (κ1) is 22.5. The summed E-state index contributed by atoms with van der Waals surface area (Å²) in [7, 11) is 0. The van der Waals surface area contributed by atoms with Gasteiger partial charge in [0.25, 0.3) is 0 Å². The highest BCUT2D eigenvalue weighted by atomic mass is 16.6. The van der Waals surface area contributed by atoms with E-state index in [1.165, 1.54) is 0 Å². The normalized spacial score (nSPS) is 18.1. The van der Waals surface area contributed by atoms with E-state index in [-0.39, 0.29) is 6.10 Å². The van der Waals surface area contributed by atoms with Crippen molar-refractivity contribution in [2.45, 2.75) is 26.4 Å². The molecule has 0 aliphatic carbocycles. The maximum atomic E-state index is 11.3. The van der Waals surface area contributed by atoms with Crippen LogP contribution in [-0.2, 0) is 4.74 Å². The van der Waals surface area contributed by atoms with Crippen molar-refractivity contribution in [2.75, 3.05) is 32.7 Å². The van der Waals surface area contributed by atoms with Crippen LogP contribution in [0.2, 0.25) is 0 Å². The second kappa shape index (κ2) is 12.8. The summed E-state index contributed by atoms with van der Waals surface area (Å²) in [5, 5.41) is 0. The molecule has 0 aromatic carbocycles. The number of allylic oxidation sites excluding steroid dienone is 7. The van der Waals surface area contributed by atoms with Crippen LogP contribution in [0.3, 0.4) is 0 Å². The van der Waals surface area contributed by atoms with Crippen LogP contribution in [0.1, 0.15) is 20.3 Å². The average molecular weight is 372 g/mol. The van der Waals surface area contributed by atoms with E-state index < -0.39 is 6.09 Å². The van der Waals surface area contributed by atoms with Crippen LogP contribution in [-0.4, -0.2) is 54.7 Å². The van der Waals surface area contributed by atoms with Crippen molar-refractivity contribution in [1.82, 2.24) is 9.80 Å². The van der Waals surface area contributed by atoms with Gasteiger partial charge in [-0.05, 0) is 31.6 Å². The molecule has 1 aliphatic heterocycles. The van der Waals surface area contributed by atoms with Gasteiger partial charge >= 0.3 is 6.09 Å². The molecule has 148 valence electrons. The lowest BCUT2D eigenvalue weighted by molar-refractivity contribution is 0.102. The quantitative estimate of drug-likeness (QED) is 0.594. The van der Waals surface area contributed by atoms with Crippen LogP contribution < -0.4 is 5.73 Å². The Morgan fingerprint density at radius 1 is 1.15 bits per heavy atom. The summed E-state index contributed by atoms with van der Waals surface area (Å²) in [6, 6.07) is 0. The molecule has 1 amide bonds. The van der Waals surface area contributed by atoms with E-state index in [0.29, 0.717) is 6.42 Å². The third-order valence-corrected chi connectivity index (χ3v) is 4.41. The van der Waals surface area contributed by atoms with Crippen LogP contribution in [0, 0.1) is 0 Å². The van der Waals surface area contributed by atoms with Crippen LogP contribution in [0.4, 0.5) is 4.79 Å². The fourth-order valence-electron chi connectivity index (χ4n) is 3.06. The summed E-state index contributed by atoms with van der Waals surface area (Å²) in [5.74, 6) is 0. The first-order valence-electron chi connectivity index (χ1n) is 9.39. The number of amides is 1. The smallest absolute Gasteiger partial charge is 0.405 e. The van der Waals surface area contributed by atoms with Crippen molar-refractivity contribution < 1.29 is 9.53 Å². The molecular weight excluding hydrogens is 338 g/mol. The predicted molar refractivity (Wildman–Crippen MR) is 113 cm³/mol. The lowest BCUT2D eigenvalue weighted by Crippen LogP contribution is -2.46. The van der Waals surface area contributed by atoms with Crippen molar-refractivity contribution in [1.29, 1.82) is 0 Å². The van der Waals surface area contributed by atoms with Crippen LogP contribution in [0.15, 0.2) is 73.0 Å². The van der Waals surface area contributed by atoms with Crippen LogP contribution in [0.5, 0.6) is 0 Å². The van der Waals surface area contributed by atoms with Gasteiger partial charge in [-0.1, -0.05) is 49.6 Å². The summed E-state index contributed by atoms with van der Waals surface area (Å²) >= 11 is 0. The number of ether oxygens (including phenoxy) is 1. The molecule has 0 saturated carbocycles. The monoisotopic (exact) mass is 371 g/mol. The van der Waals surface area contributed by atoms with E-state index >= 15 is 0 Å². The zero-order chi connectivity index (χ0) is 20.1. The number of primary amides is 1. The zero-order valence-electron chi connectivity index (χ0n) is 16.6. The van der Waals surface area contributed by atoms with E-state index in [4.69, 9.17) is 10.5 Å². The molecule has 1 atom stereocenters. The number of piperazine rings is 1. The molecular formula is C22H33N3O2. The highest BCUT2D eigenvalue weighted by Crippen LogP contribution is 2.16. The van der Waals surface area contributed by atoms with Gasteiger partial charge in [-0.25, -0.2) is 4.79 Å².